The van der Waals surface area contributed by atoms with Gasteiger partial charge in [-0.25, -0.2) is 0 Å². The number of aliphatic hydroxyl groups excluding tert-OH is 1. The van der Waals surface area contributed by atoms with Gasteiger partial charge in [0.05, 0.1) is 19.1 Å². The number of esters is 1. The quantitative estimate of drug-likeness (QED) is 0.769. The SMILES string of the molecule is CCC(C(=O)OC)C(O)c1ccccc1. The molecule has 1 aromatic carbocycles. The fourth-order valence-corrected chi connectivity index (χ4v) is 1.55. The third-order valence-corrected chi connectivity index (χ3v) is 2.47. The first-order valence-corrected chi connectivity index (χ1v) is 5.01. The van der Waals surface area contributed by atoms with Crippen molar-refractivity contribution in [2.45, 2.75) is 19.4 Å². The molecule has 15 heavy (non-hydrogen) atoms. The van der Waals surface area contributed by atoms with E-state index in [1.807, 2.05) is 25.1 Å². The first kappa shape index (κ1) is 11.7. The van der Waals surface area contributed by atoms with Crippen LogP contribution >= 0.6 is 0 Å². The van der Waals surface area contributed by atoms with E-state index in [0.29, 0.717) is 6.42 Å². The van der Waals surface area contributed by atoms with E-state index in [4.69, 9.17) is 0 Å². The van der Waals surface area contributed by atoms with Crippen LogP contribution in [0, 0.1) is 5.92 Å². The van der Waals surface area contributed by atoms with Crippen LogP contribution in [0.25, 0.3) is 0 Å². The molecule has 0 radical (unpaired) electrons. The Bertz CT molecular complexity index is 308. The monoisotopic (exact) mass is 208 g/mol. The number of aliphatic hydroxyl groups is 1. The molecule has 0 saturated heterocycles. The van der Waals surface area contributed by atoms with Crippen LogP contribution in [-0.2, 0) is 9.53 Å². The molecule has 1 N–H and O–H groups in total. The van der Waals surface area contributed by atoms with Gasteiger partial charge in [-0.3, -0.25) is 4.79 Å². The molecule has 0 spiro atoms. The number of rotatable bonds is 4. The van der Waals surface area contributed by atoms with E-state index in [0.717, 1.165) is 5.56 Å². The Morgan fingerprint density at radius 3 is 2.47 bits per heavy atom. The van der Waals surface area contributed by atoms with Gasteiger partial charge in [0.15, 0.2) is 0 Å². The highest BCUT2D eigenvalue weighted by Crippen LogP contribution is 2.25. The normalized spacial score (nSPS) is 14.3. The Morgan fingerprint density at radius 1 is 1.40 bits per heavy atom. The van der Waals surface area contributed by atoms with Gasteiger partial charge in [-0.15, -0.1) is 0 Å². The number of carbonyl (C=O) groups is 1. The molecule has 0 aliphatic rings. The average molecular weight is 208 g/mol. The lowest BCUT2D eigenvalue weighted by atomic mass is 9.94. The molecule has 1 rings (SSSR count). The number of ether oxygens (including phenoxy) is 1. The lowest BCUT2D eigenvalue weighted by Gasteiger charge is -2.19. The standard InChI is InChI=1S/C12H16O3/c1-3-10(12(14)15-2)11(13)9-7-5-4-6-8-9/h4-8,10-11,13H,3H2,1-2H3. The molecule has 0 saturated carbocycles. The molecular weight excluding hydrogens is 192 g/mol. The molecule has 82 valence electrons. The lowest BCUT2D eigenvalue weighted by Crippen LogP contribution is -2.22. The van der Waals surface area contributed by atoms with Crippen LogP contribution in [0.15, 0.2) is 30.3 Å². The molecule has 0 amide bonds. The van der Waals surface area contributed by atoms with Crippen molar-refractivity contribution in [3.8, 4) is 0 Å². The van der Waals surface area contributed by atoms with Gasteiger partial charge in [0.25, 0.3) is 0 Å². The van der Waals surface area contributed by atoms with Crippen LogP contribution in [-0.4, -0.2) is 18.2 Å². The highest BCUT2D eigenvalue weighted by Gasteiger charge is 2.26. The number of hydrogen-bond donors (Lipinski definition) is 1. The van der Waals surface area contributed by atoms with Crippen molar-refractivity contribution in [2.75, 3.05) is 7.11 Å². The number of hydrogen-bond acceptors (Lipinski definition) is 3. The molecule has 3 nitrogen and oxygen atoms in total. The molecular formula is C12H16O3. The van der Waals surface area contributed by atoms with E-state index in [9.17, 15) is 9.90 Å². The molecule has 2 atom stereocenters. The molecule has 0 heterocycles. The molecule has 0 fully saturated rings. The molecule has 0 aromatic heterocycles. The zero-order valence-electron chi connectivity index (χ0n) is 9.01. The zero-order valence-corrected chi connectivity index (χ0v) is 9.01. The molecule has 0 aliphatic carbocycles. The van der Waals surface area contributed by atoms with Crippen molar-refractivity contribution in [2.24, 2.45) is 5.92 Å². The fraction of sp³-hybridized carbons (Fsp3) is 0.417. The number of benzene rings is 1. The first-order chi connectivity index (χ1) is 7.20. The minimum absolute atomic E-state index is 0.367. The van der Waals surface area contributed by atoms with Gasteiger partial charge in [-0.1, -0.05) is 37.3 Å². The fourth-order valence-electron chi connectivity index (χ4n) is 1.55. The van der Waals surface area contributed by atoms with E-state index >= 15 is 0 Å². The van der Waals surface area contributed by atoms with Crippen molar-refractivity contribution in [1.82, 2.24) is 0 Å². The van der Waals surface area contributed by atoms with Crippen LogP contribution in [0.5, 0.6) is 0 Å². The third-order valence-electron chi connectivity index (χ3n) is 2.47. The second-order valence-electron chi connectivity index (χ2n) is 3.39. The van der Waals surface area contributed by atoms with Crippen LogP contribution < -0.4 is 0 Å². The first-order valence-electron chi connectivity index (χ1n) is 5.01. The minimum Gasteiger partial charge on any atom is -0.469 e. The largest absolute Gasteiger partial charge is 0.469 e. The molecule has 3 heteroatoms. The summed E-state index contributed by atoms with van der Waals surface area (Å²) >= 11 is 0. The zero-order chi connectivity index (χ0) is 11.3. The maximum Gasteiger partial charge on any atom is 0.311 e. The van der Waals surface area contributed by atoms with Crippen molar-refractivity contribution in [3.05, 3.63) is 35.9 Å². The van der Waals surface area contributed by atoms with Crippen molar-refractivity contribution < 1.29 is 14.6 Å². The van der Waals surface area contributed by atoms with E-state index in [1.54, 1.807) is 12.1 Å². The van der Waals surface area contributed by atoms with E-state index < -0.39 is 12.0 Å². The van der Waals surface area contributed by atoms with Gasteiger partial charge < -0.3 is 9.84 Å². The van der Waals surface area contributed by atoms with Gasteiger partial charge in [-0.05, 0) is 12.0 Å². The third kappa shape index (κ3) is 2.80. The maximum atomic E-state index is 11.4. The highest BCUT2D eigenvalue weighted by molar-refractivity contribution is 5.73. The van der Waals surface area contributed by atoms with Crippen LogP contribution in [0.2, 0.25) is 0 Å². The summed E-state index contributed by atoms with van der Waals surface area (Å²) in [6.45, 7) is 1.85. The average Bonchev–Trinajstić information content (AvgIpc) is 2.30. The highest BCUT2D eigenvalue weighted by atomic mass is 16.5. The van der Waals surface area contributed by atoms with E-state index in [-0.39, 0.29) is 5.97 Å². The van der Waals surface area contributed by atoms with Crippen LogP contribution in [0.3, 0.4) is 0 Å². The maximum absolute atomic E-state index is 11.4. The second kappa shape index (κ2) is 5.51. The van der Waals surface area contributed by atoms with Crippen molar-refractivity contribution >= 4 is 5.97 Å². The number of methoxy groups -OCH3 is 1. The summed E-state index contributed by atoms with van der Waals surface area (Å²) in [4.78, 5) is 11.4. The van der Waals surface area contributed by atoms with Gasteiger partial charge in [0.1, 0.15) is 0 Å². The summed E-state index contributed by atoms with van der Waals surface area (Å²) in [5, 5.41) is 9.98. The number of carbonyl (C=O) groups excluding carboxylic acids is 1. The van der Waals surface area contributed by atoms with Crippen LogP contribution in [0.1, 0.15) is 25.0 Å². The van der Waals surface area contributed by atoms with Crippen molar-refractivity contribution in [3.63, 3.8) is 0 Å². The van der Waals surface area contributed by atoms with Gasteiger partial charge in [0.2, 0.25) is 0 Å². The van der Waals surface area contributed by atoms with E-state index in [2.05, 4.69) is 4.74 Å². The van der Waals surface area contributed by atoms with Crippen molar-refractivity contribution in [1.29, 1.82) is 0 Å². The summed E-state index contributed by atoms with van der Waals surface area (Å²) in [5.74, 6) is -0.855. The predicted octanol–water partition coefficient (Wildman–Crippen LogP) is 1.92. The summed E-state index contributed by atoms with van der Waals surface area (Å²) in [6, 6.07) is 9.15. The predicted molar refractivity (Wildman–Crippen MR) is 57.2 cm³/mol. The molecule has 2 unspecified atom stereocenters. The molecule has 0 bridgehead atoms. The Kier molecular flexibility index (Phi) is 4.31. The van der Waals surface area contributed by atoms with Gasteiger partial charge in [-0.2, -0.15) is 0 Å². The Labute approximate surface area is 89.7 Å². The topological polar surface area (TPSA) is 46.5 Å². The second-order valence-corrected chi connectivity index (χ2v) is 3.39. The Balaban J connectivity index is 2.82. The smallest absolute Gasteiger partial charge is 0.311 e. The van der Waals surface area contributed by atoms with Gasteiger partial charge >= 0.3 is 5.97 Å². The summed E-state index contributed by atoms with van der Waals surface area (Å²) in [6.07, 6.45) is -0.230. The summed E-state index contributed by atoms with van der Waals surface area (Å²) in [5.41, 5.74) is 0.745. The Hall–Kier alpha value is -1.35. The molecule has 0 aliphatic heterocycles. The van der Waals surface area contributed by atoms with Gasteiger partial charge in [0, 0.05) is 0 Å². The molecule has 1 aromatic rings. The van der Waals surface area contributed by atoms with Crippen LogP contribution in [0.4, 0.5) is 0 Å². The minimum atomic E-state index is -0.788. The Morgan fingerprint density at radius 2 is 2.00 bits per heavy atom. The summed E-state index contributed by atoms with van der Waals surface area (Å²) < 4.78 is 4.65. The van der Waals surface area contributed by atoms with E-state index in [1.165, 1.54) is 7.11 Å². The lowest BCUT2D eigenvalue weighted by molar-refractivity contribution is -0.149. The summed E-state index contributed by atoms with van der Waals surface area (Å²) in [7, 11) is 1.34.